The minimum Gasteiger partial charge on any atom is -0.311 e. The highest BCUT2D eigenvalue weighted by molar-refractivity contribution is 6.36. The van der Waals surface area contributed by atoms with Gasteiger partial charge >= 0.3 is 0 Å². The molecule has 0 atom stereocenters. The van der Waals surface area contributed by atoms with E-state index in [1.165, 1.54) is 18.4 Å². The fourth-order valence-corrected chi connectivity index (χ4v) is 1.08. The minimum absolute atomic E-state index is 0.545. The fraction of sp³-hybridized carbons (Fsp3) is 0.750. The van der Waals surface area contributed by atoms with Crippen LogP contribution in [0.15, 0.2) is 10.6 Å². The molecule has 1 N–H and O–H groups in total. The van der Waals surface area contributed by atoms with Crippen LogP contribution in [-0.4, -0.2) is 13.1 Å². The molecule has 0 aromatic heterocycles. The molecule has 0 heterocycles. The van der Waals surface area contributed by atoms with Crippen LogP contribution >= 0.6 is 23.2 Å². The quantitative estimate of drug-likeness (QED) is 0.725. The van der Waals surface area contributed by atoms with Crippen LogP contribution in [0.5, 0.6) is 0 Å². The Kier molecular flexibility index (Phi) is 3.23. The van der Waals surface area contributed by atoms with Crippen molar-refractivity contribution in [2.75, 3.05) is 13.1 Å². The van der Waals surface area contributed by atoms with Gasteiger partial charge in [-0.3, -0.25) is 0 Å². The molecule has 0 radical (unpaired) electrons. The first-order valence-corrected chi connectivity index (χ1v) is 4.63. The van der Waals surface area contributed by atoms with E-state index in [9.17, 15) is 0 Å². The van der Waals surface area contributed by atoms with E-state index in [4.69, 9.17) is 23.2 Å². The average Bonchev–Trinajstić information content (AvgIpc) is 2.68. The standard InChI is InChI=1S/C8H13Cl2N/c1-8(2-3-8)6-11-5-7(10)4-9/h4,11H,2-3,5-6H2,1H3. The highest BCUT2D eigenvalue weighted by Crippen LogP contribution is 2.43. The fourth-order valence-electron chi connectivity index (χ4n) is 0.912. The summed E-state index contributed by atoms with van der Waals surface area (Å²) in [5.74, 6) is 0. The van der Waals surface area contributed by atoms with E-state index >= 15 is 0 Å². The Morgan fingerprint density at radius 2 is 2.27 bits per heavy atom. The van der Waals surface area contributed by atoms with Gasteiger partial charge < -0.3 is 5.32 Å². The van der Waals surface area contributed by atoms with Gasteiger partial charge in [-0.2, -0.15) is 0 Å². The predicted octanol–water partition coefficient (Wildman–Crippen LogP) is 2.70. The first kappa shape index (κ1) is 9.37. The third-order valence-corrected chi connectivity index (χ3v) is 2.69. The molecule has 64 valence electrons. The second-order valence-corrected chi connectivity index (χ2v) is 4.17. The van der Waals surface area contributed by atoms with Crippen LogP contribution in [-0.2, 0) is 0 Å². The molecule has 1 aliphatic carbocycles. The number of halogens is 2. The molecule has 1 fully saturated rings. The Balaban J connectivity index is 2.05. The van der Waals surface area contributed by atoms with Gasteiger partial charge in [-0.15, -0.1) is 0 Å². The molecule has 0 amide bonds. The van der Waals surface area contributed by atoms with Crippen LogP contribution < -0.4 is 5.32 Å². The third kappa shape index (κ3) is 3.46. The number of hydrogen-bond acceptors (Lipinski definition) is 1. The first-order valence-electron chi connectivity index (χ1n) is 3.82. The van der Waals surface area contributed by atoms with Gasteiger partial charge in [0.05, 0.1) is 0 Å². The molecule has 0 saturated heterocycles. The van der Waals surface area contributed by atoms with E-state index in [0.717, 1.165) is 6.54 Å². The van der Waals surface area contributed by atoms with Crippen LogP contribution in [0.4, 0.5) is 0 Å². The van der Waals surface area contributed by atoms with E-state index in [2.05, 4.69) is 12.2 Å². The second kappa shape index (κ2) is 3.79. The molecule has 1 saturated carbocycles. The van der Waals surface area contributed by atoms with Gasteiger partial charge in [-0.05, 0) is 18.3 Å². The van der Waals surface area contributed by atoms with Gasteiger partial charge in [-0.1, -0.05) is 30.1 Å². The lowest BCUT2D eigenvalue weighted by molar-refractivity contribution is 0.517. The highest BCUT2D eigenvalue weighted by atomic mass is 35.5. The maximum atomic E-state index is 5.68. The molecular weight excluding hydrogens is 181 g/mol. The van der Waals surface area contributed by atoms with Crippen LogP contribution in [0.3, 0.4) is 0 Å². The van der Waals surface area contributed by atoms with Crippen LogP contribution in [0, 0.1) is 5.41 Å². The van der Waals surface area contributed by atoms with E-state index in [-0.39, 0.29) is 0 Å². The van der Waals surface area contributed by atoms with Crippen LogP contribution in [0.25, 0.3) is 0 Å². The Bertz CT molecular complexity index is 161. The lowest BCUT2D eigenvalue weighted by Crippen LogP contribution is -2.23. The number of hydrogen-bond donors (Lipinski definition) is 1. The predicted molar refractivity (Wildman–Crippen MR) is 50.0 cm³/mol. The van der Waals surface area contributed by atoms with Gasteiger partial charge in [-0.25, -0.2) is 0 Å². The van der Waals surface area contributed by atoms with Crippen molar-refractivity contribution in [3.8, 4) is 0 Å². The first-order chi connectivity index (χ1) is 5.16. The lowest BCUT2D eigenvalue weighted by atomic mass is 10.1. The van der Waals surface area contributed by atoms with Gasteiger partial charge in [0.25, 0.3) is 0 Å². The van der Waals surface area contributed by atoms with E-state index in [1.807, 2.05) is 0 Å². The van der Waals surface area contributed by atoms with E-state index < -0.39 is 0 Å². The molecule has 1 rings (SSSR count). The summed E-state index contributed by atoms with van der Waals surface area (Å²) in [5.41, 5.74) is 1.95. The smallest absolute Gasteiger partial charge is 0.0431 e. The summed E-state index contributed by atoms with van der Waals surface area (Å²) in [6.45, 7) is 4.02. The summed E-state index contributed by atoms with van der Waals surface area (Å²) in [6.07, 6.45) is 2.67. The molecule has 1 nitrogen and oxygen atoms in total. The van der Waals surface area contributed by atoms with Crippen molar-refractivity contribution in [3.05, 3.63) is 10.6 Å². The van der Waals surface area contributed by atoms with Crippen molar-refractivity contribution in [3.63, 3.8) is 0 Å². The molecule has 1 aliphatic rings. The molecule has 0 bridgehead atoms. The summed E-state index contributed by atoms with van der Waals surface area (Å²) < 4.78 is 0. The molecule has 0 unspecified atom stereocenters. The summed E-state index contributed by atoms with van der Waals surface area (Å²) in [4.78, 5) is 0. The molecule has 3 heteroatoms. The molecule has 0 spiro atoms. The topological polar surface area (TPSA) is 12.0 Å². The zero-order valence-electron chi connectivity index (χ0n) is 6.66. The zero-order chi connectivity index (χ0) is 8.32. The normalized spacial score (nSPS) is 21.9. The highest BCUT2D eigenvalue weighted by Gasteiger charge is 2.36. The number of rotatable bonds is 4. The molecule has 0 aliphatic heterocycles. The second-order valence-electron chi connectivity index (χ2n) is 3.47. The van der Waals surface area contributed by atoms with Crippen molar-refractivity contribution in [2.45, 2.75) is 19.8 Å². The lowest BCUT2D eigenvalue weighted by Gasteiger charge is -2.08. The zero-order valence-corrected chi connectivity index (χ0v) is 8.17. The number of nitrogens with one attached hydrogen (secondary N) is 1. The van der Waals surface area contributed by atoms with E-state index in [1.54, 1.807) is 0 Å². The molecule has 11 heavy (non-hydrogen) atoms. The van der Waals surface area contributed by atoms with Gasteiger partial charge in [0.15, 0.2) is 0 Å². The van der Waals surface area contributed by atoms with Gasteiger partial charge in [0.1, 0.15) is 0 Å². The maximum absolute atomic E-state index is 5.68. The SMILES string of the molecule is CC1(CNCC(Cl)=CCl)CC1. The minimum atomic E-state index is 0.545. The van der Waals surface area contributed by atoms with Crippen molar-refractivity contribution in [2.24, 2.45) is 5.41 Å². The Morgan fingerprint density at radius 3 is 2.73 bits per heavy atom. The largest absolute Gasteiger partial charge is 0.311 e. The third-order valence-electron chi connectivity index (χ3n) is 2.07. The Hall–Kier alpha value is 0.280. The summed E-state index contributed by atoms with van der Waals surface area (Å²) >= 11 is 11.1. The van der Waals surface area contributed by atoms with Crippen molar-refractivity contribution < 1.29 is 0 Å². The van der Waals surface area contributed by atoms with Crippen molar-refractivity contribution in [1.82, 2.24) is 5.32 Å². The maximum Gasteiger partial charge on any atom is 0.0431 e. The van der Waals surface area contributed by atoms with Gasteiger partial charge in [0.2, 0.25) is 0 Å². The van der Waals surface area contributed by atoms with Crippen molar-refractivity contribution in [1.29, 1.82) is 0 Å². The molecular formula is C8H13Cl2N. The van der Waals surface area contributed by atoms with E-state index in [0.29, 0.717) is 17.0 Å². The van der Waals surface area contributed by atoms with Crippen LogP contribution in [0.1, 0.15) is 19.8 Å². The molecule has 0 aromatic carbocycles. The Morgan fingerprint density at radius 1 is 1.64 bits per heavy atom. The van der Waals surface area contributed by atoms with Gasteiger partial charge in [0, 0.05) is 23.7 Å². The monoisotopic (exact) mass is 193 g/mol. The Labute approximate surface area is 77.8 Å². The average molecular weight is 194 g/mol. The molecule has 0 aromatic rings. The van der Waals surface area contributed by atoms with Crippen LogP contribution in [0.2, 0.25) is 0 Å². The van der Waals surface area contributed by atoms with Crippen molar-refractivity contribution >= 4 is 23.2 Å². The summed E-state index contributed by atoms with van der Waals surface area (Å²) in [6, 6.07) is 0. The summed E-state index contributed by atoms with van der Waals surface area (Å²) in [7, 11) is 0. The summed E-state index contributed by atoms with van der Waals surface area (Å²) in [5, 5.41) is 3.93.